The quantitative estimate of drug-likeness (QED) is 0.307. The molecule has 11 heavy (non-hydrogen) atoms. The third kappa shape index (κ3) is 937. The Kier molecular flexibility index (Phi) is 22.6. The third-order valence-corrected chi connectivity index (χ3v) is 0. The van der Waals surface area contributed by atoms with Crippen molar-refractivity contribution < 1.29 is 68.4 Å². The largest absolute Gasteiger partial charge is 1.00 e. The van der Waals surface area contributed by atoms with Gasteiger partial charge < -0.3 is 14.3 Å². The van der Waals surface area contributed by atoms with Gasteiger partial charge in [-0.2, -0.15) is 0 Å². The molecule has 0 radical (unpaired) electrons. The van der Waals surface area contributed by atoms with Crippen molar-refractivity contribution in [3.05, 3.63) is 10.1 Å². The van der Waals surface area contributed by atoms with Crippen LogP contribution < -0.4 is 0 Å². The van der Waals surface area contributed by atoms with E-state index in [0.717, 1.165) is 0 Å². The number of rotatable bonds is 0. The molecule has 1 N–H and O–H groups in total. The van der Waals surface area contributed by atoms with Gasteiger partial charge in [0.15, 0.2) is 0 Å². The molecule has 0 spiro atoms. The maximum absolute atomic E-state index is 8.89. The van der Waals surface area contributed by atoms with Crippen molar-refractivity contribution >= 4 is 20.2 Å². The van der Waals surface area contributed by atoms with Gasteiger partial charge in [0, 0.05) is 0 Å². The van der Waals surface area contributed by atoms with E-state index in [-0.39, 0.29) is 44.8 Å². The van der Waals surface area contributed by atoms with Gasteiger partial charge in [0.05, 0.1) is 0 Å². The standard InChI is InChI=1S/2Ag.HNO3.H2O3S2/c;;2-1(3)4;1-5(2,3)4/h;;(H,2,3,4);(H2,1,2,3,4)/q2*+1;;/p-2. The van der Waals surface area contributed by atoms with E-state index in [0.29, 0.717) is 0 Å². The van der Waals surface area contributed by atoms with E-state index in [4.69, 9.17) is 28.6 Å². The molecule has 11 heteroatoms. The molecule has 0 aliphatic rings. The van der Waals surface area contributed by atoms with Gasteiger partial charge in [0.2, 0.25) is 0 Å². The number of nitrogens with zero attached hydrogens (tertiary/aromatic N) is 1. The van der Waals surface area contributed by atoms with Gasteiger partial charge in [-0.25, -0.2) is 0 Å². The minimum Gasteiger partial charge on any atom is -0.780 e. The zero-order chi connectivity index (χ0) is 8.08. The first kappa shape index (κ1) is 22.7. The first-order chi connectivity index (χ1) is 3.73. The Bertz CT molecular complexity index is 161. The zero-order valence-electron chi connectivity index (χ0n) is 4.36. The predicted octanol–water partition coefficient (Wildman–Crippen LogP) is -1.36. The van der Waals surface area contributed by atoms with Crippen molar-refractivity contribution in [3.63, 3.8) is 0 Å². The predicted molar refractivity (Wildman–Crippen MR) is 25.8 cm³/mol. The van der Waals surface area contributed by atoms with Crippen molar-refractivity contribution in [2.75, 3.05) is 0 Å². The van der Waals surface area contributed by atoms with Crippen LogP contribution in [0.1, 0.15) is 0 Å². The summed E-state index contributed by atoms with van der Waals surface area (Å²) in [5, 5.41) is 13.6. The van der Waals surface area contributed by atoms with E-state index in [2.05, 4.69) is 11.2 Å². The summed E-state index contributed by atoms with van der Waals surface area (Å²) in [6.07, 6.45) is 0. The Hall–Kier alpha value is 0.971. The van der Waals surface area contributed by atoms with Crippen LogP contribution in [0.4, 0.5) is 0 Å². The van der Waals surface area contributed by atoms with Crippen molar-refractivity contribution in [2.24, 2.45) is 0 Å². The topological polar surface area (TPSA) is 127 Å². The van der Waals surface area contributed by atoms with Gasteiger partial charge in [-0.1, -0.05) is 0 Å². The number of hydrogen-bond donors (Lipinski definition) is 1. The average Bonchev–Trinajstić information content (AvgIpc) is 1.19. The smallest absolute Gasteiger partial charge is 0.780 e. The molecular formula is HAg2NO6S2. The van der Waals surface area contributed by atoms with Crippen LogP contribution in [-0.4, -0.2) is 23.6 Å². The summed E-state index contributed by atoms with van der Waals surface area (Å²) in [4.78, 5) is 8.36. The summed E-state index contributed by atoms with van der Waals surface area (Å²) in [5.74, 6) is 0. The molecule has 0 rings (SSSR count). The van der Waals surface area contributed by atoms with Crippen LogP contribution >= 0.6 is 0 Å². The summed E-state index contributed by atoms with van der Waals surface area (Å²) < 4.78 is 26.7. The fraction of sp³-hybridized carbons (Fsp3) is 0. The molecule has 0 fully saturated rings. The molecule has 0 aliphatic carbocycles. The van der Waals surface area contributed by atoms with Crippen molar-refractivity contribution in [1.82, 2.24) is 0 Å². The normalized spacial score (nSPS) is 7.45. The molecule has 0 aromatic heterocycles. The summed E-state index contributed by atoms with van der Waals surface area (Å²) in [6.45, 7) is 0. The molecule has 0 unspecified atom stereocenters. The van der Waals surface area contributed by atoms with Crippen LogP contribution in [0.2, 0.25) is 0 Å². The van der Waals surface area contributed by atoms with Crippen molar-refractivity contribution in [2.45, 2.75) is 0 Å². The second-order valence-electron chi connectivity index (χ2n) is 0.646. The maximum atomic E-state index is 8.89. The fourth-order valence-electron chi connectivity index (χ4n) is 0. The fourth-order valence-corrected chi connectivity index (χ4v) is 0. The van der Waals surface area contributed by atoms with Crippen LogP contribution in [0.5, 0.6) is 0 Å². The monoisotopic (exact) mass is 389 g/mol. The van der Waals surface area contributed by atoms with Gasteiger partial charge >= 0.3 is 44.8 Å². The first-order valence-electron chi connectivity index (χ1n) is 1.23. The molecule has 7 nitrogen and oxygen atoms in total. The Morgan fingerprint density at radius 3 is 1.36 bits per heavy atom. The molecule has 76 valence electrons. The van der Waals surface area contributed by atoms with Gasteiger partial charge in [-0.3, -0.25) is 4.21 Å². The Morgan fingerprint density at radius 1 is 1.36 bits per heavy atom. The Labute approximate surface area is 98.0 Å². The minimum absolute atomic E-state index is 0. The van der Waals surface area contributed by atoms with Crippen LogP contribution in [0.3, 0.4) is 0 Å². The van der Waals surface area contributed by atoms with Gasteiger partial charge in [0.25, 0.3) is 5.09 Å². The Balaban J connectivity index is -0.0000000383. The van der Waals surface area contributed by atoms with Crippen molar-refractivity contribution in [3.8, 4) is 0 Å². The van der Waals surface area contributed by atoms with Gasteiger partial charge in [0.1, 0.15) is 0 Å². The van der Waals surface area contributed by atoms with E-state index in [1.54, 1.807) is 0 Å². The summed E-state index contributed by atoms with van der Waals surface area (Å²) in [5.41, 5.74) is 0. The molecule has 0 saturated carbocycles. The molecule has 0 heterocycles. The van der Waals surface area contributed by atoms with Gasteiger partial charge in [-0.15, -0.1) is 19.2 Å². The van der Waals surface area contributed by atoms with Crippen LogP contribution in [0.25, 0.3) is 0 Å². The molecule has 0 saturated heterocycles. The molecule has 0 aliphatic heterocycles. The molecule has 0 amide bonds. The molecule has 0 aromatic carbocycles. The van der Waals surface area contributed by atoms with E-state index in [1.807, 2.05) is 0 Å². The molecule has 0 atom stereocenters. The summed E-state index contributed by atoms with van der Waals surface area (Å²) >= 11 is 3.24. The van der Waals surface area contributed by atoms with E-state index in [1.165, 1.54) is 0 Å². The van der Waals surface area contributed by atoms with Crippen LogP contribution in [-0.2, 0) is 65.0 Å². The van der Waals surface area contributed by atoms with Gasteiger partial charge in [-0.05, 0) is 11.2 Å². The van der Waals surface area contributed by atoms with Crippen LogP contribution in [0.15, 0.2) is 0 Å². The third-order valence-electron chi connectivity index (χ3n) is 0. The molecule has 0 bridgehead atoms. The zero-order valence-corrected chi connectivity index (χ0v) is 8.95. The maximum Gasteiger partial charge on any atom is 1.00 e. The first-order valence-corrected chi connectivity index (χ1v) is 3.57. The SMILES string of the molecule is O=S([O-])([O-])=S.O=[N+]([O-])O.[Ag+].[Ag+]. The minimum atomic E-state index is -4.33. The van der Waals surface area contributed by atoms with E-state index >= 15 is 0 Å². The second-order valence-corrected chi connectivity index (χ2v) is 2.69. The van der Waals surface area contributed by atoms with Crippen LogP contribution in [0, 0.1) is 10.1 Å². The second kappa shape index (κ2) is 11.0. The summed E-state index contributed by atoms with van der Waals surface area (Å²) in [6, 6.07) is 0. The molecule has 0 aromatic rings. The van der Waals surface area contributed by atoms with Crippen molar-refractivity contribution in [1.29, 1.82) is 0 Å². The summed E-state index contributed by atoms with van der Waals surface area (Å²) in [7, 11) is -4.33. The average molecular weight is 391 g/mol. The Morgan fingerprint density at radius 2 is 1.36 bits per heavy atom. The molecular weight excluding hydrogens is 390 g/mol. The number of hydrogen-bond acceptors (Lipinski definition) is 6. The van der Waals surface area contributed by atoms with E-state index < -0.39 is 14.1 Å². The van der Waals surface area contributed by atoms with E-state index in [9.17, 15) is 0 Å².